The Balaban J connectivity index is 2.29. The number of rotatable bonds is 5. The predicted octanol–water partition coefficient (Wildman–Crippen LogP) is 1.97. The van der Waals surface area contributed by atoms with Gasteiger partial charge in [-0.15, -0.1) is 5.10 Å². The van der Waals surface area contributed by atoms with E-state index in [2.05, 4.69) is 9.59 Å². The fourth-order valence-corrected chi connectivity index (χ4v) is 2.32. The molecule has 2 aromatic rings. The van der Waals surface area contributed by atoms with Crippen molar-refractivity contribution in [3.05, 3.63) is 40.9 Å². The number of aliphatic carboxylic acids is 1. The first kappa shape index (κ1) is 14.1. The summed E-state index contributed by atoms with van der Waals surface area (Å²) in [5.41, 5.74) is 1.21. The molecule has 1 heterocycles. The summed E-state index contributed by atoms with van der Waals surface area (Å²) in [6.07, 6.45) is -0.119. The molecule has 0 bridgehead atoms. The largest absolute Gasteiger partial charge is 0.481 e. The van der Waals surface area contributed by atoms with E-state index in [0.717, 1.165) is 11.5 Å². The lowest BCUT2D eigenvalue weighted by Gasteiger charge is -2.21. The maximum absolute atomic E-state index is 12.5. The Morgan fingerprint density at radius 2 is 2.00 bits per heavy atom. The third-order valence-corrected chi connectivity index (χ3v) is 3.52. The fraction of sp³-hybridized carbons (Fsp3) is 0.231. The van der Waals surface area contributed by atoms with Crippen LogP contribution in [0.2, 0.25) is 0 Å². The van der Waals surface area contributed by atoms with Crippen LogP contribution in [0.3, 0.4) is 0 Å². The second kappa shape index (κ2) is 6.25. The van der Waals surface area contributed by atoms with Crippen LogP contribution < -0.4 is 4.90 Å². The van der Waals surface area contributed by atoms with E-state index in [9.17, 15) is 9.59 Å². The minimum atomic E-state index is -0.946. The van der Waals surface area contributed by atoms with E-state index in [-0.39, 0.29) is 18.9 Å². The normalized spacial score (nSPS) is 10.2. The first-order valence-electron chi connectivity index (χ1n) is 5.97. The zero-order valence-corrected chi connectivity index (χ0v) is 11.6. The van der Waals surface area contributed by atoms with Crippen LogP contribution in [-0.2, 0) is 4.79 Å². The number of benzene rings is 1. The Labute approximate surface area is 119 Å². The maximum atomic E-state index is 12.5. The summed E-state index contributed by atoms with van der Waals surface area (Å²) >= 11 is 1.02. The number of carbonyl (C=O) groups excluding carboxylic acids is 1. The van der Waals surface area contributed by atoms with Gasteiger partial charge in [-0.25, -0.2) is 0 Å². The van der Waals surface area contributed by atoms with Crippen LogP contribution in [0.1, 0.15) is 21.8 Å². The van der Waals surface area contributed by atoms with Crippen LogP contribution in [0.4, 0.5) is 5.69 Å². The monoisotopic (exact) mass is 291 g/mol. The molecule has 0 saturated carbocycles. The van der Waals surface area contributed by atoms with Gasteiger partial charge in [0.2, 0.25) is 0 Å². The zero-order chi connectivity index (χ0) is 14.5. The van der Waals surface area contributed by atoms with Crippen molar-refractivity contribution >= 4 is 29.1 Å². The van der Waals surface area contributed by atoms with Crippen molar-refractivity contribution < 1.29 is 14.7 Å². The smallest absolute Gasteiger partial charge is 0.305 e. The second-order valence-electron chi connectivity index (χ2n) is 4.12. The van der Waals surface area contributed by atoms with Crippen molar-refractivity contribution in [3.8, 4) is 0 Å². The number of hydrogen-bond acceptors (Lipinski definition) is 5. The average molecular weight is 291 g/mol. The van der Waals surface area contributed by atoms with Gasteiger partial charge in [0.15, 0.2) is 0 Å². The Morgan fingerprint density at radius 1 is 1.30 bits per heavy atom. The molecule has 0 aliphatic carbocycles. The van der Waals surface area contributed by atoms with Gasteiger partial charge in [0.25, 0.3) is 5.91 Å². The molecule has 0 spiro atoms. The molecule has 0 aliphatic rings. The van der Waals surface area contributed by atoms with Gasteiger partial charge in [0.1, 0.15) is 4.88 Å². The predicted molar refractivity (Wildman–Crippen MR) is 75.0 cm³/mol. The van der Waals surface area contributed by atoms with E-state index < -0.39 is 5.97 Å². The summed E-state index contributed by atoms with van der Waals surface area (Å²) < 4.78 is 3.74. The molecular weight excluding hydrogens is 278 g/mol. The number of carboxylic acid groups (broad SMARTS) is 1. The molecular formula is C13H13N3O3S. The fourth-order valence-electron chi connectivity index (χ4n) is 1.71. The minimum Gasteiger partial charge on any atom is -0.481 e. The number of anilines is 1. The van der Waals surface area contributed by atoms with Crippen molar-refractivity contribution in [1.82, 2.24) is 9.59 Å². The lowest BCUT2D eigenvalue weighted by Crippen LogP contribution is -2.32. The maximum Gasteiger partial charge on any atom is 0.305 e. The number of aromatic nitrogens is 2. The lowest BCUT2D eigenvalue weighted by molar-refractivity contribution is -0.136. The molecule has 1 aromatic heterocycles. The second-order valence-corrected chi connectivity index (χ2v) is 4.88. The molecule has 0 saturated heterocycles. The minimum absolute atomic E-state index is 0.107. The van der Waals surface area contributed by atoms with E-state index >= 15 is 0 Å². The molecule has 2 rings (SSSR count). The van der Waals surface area contributed by atoms with Crippen LogP contribution in [0.15, 0.2) is 30.3 Å². The highest BCUT2D eigenvalue weighted by atomic mass is 32.1. The molecule has 1 aromatic carbocycles. The van der Waals surface area contributed by atoms with Gasteiger partial charge >= 0.3 is 5.97 Å². The quantitative estimate of drug-likeness (QED) is 0.910. The third-order valence-electron chi connectivity index (χ3n) is 2.71. The van der Waals surface area contributed by atoms with Gasteiger partial charge in [-0.1, -0.05) is 22.7 Å². The number of para-hydroxylation sites is 1. The summed E-state index contributed by atoms with van der Waals surface area (Å²) in [6.45, 7) is 1.81. The number of carboxylic acids is 1. The number of carbonyl (C=O) groups is 2. The summed E-state index contributed by atoms with van der Waals surface area (Å²) in [5.74, 6) is -1.22. The number of hydrogen-bond donors (Lipinski definition) is 1. The van der Waals surface area contributed by atoms with Gasteiger partial charge in [-0.3, -0.25) is 9.59 Å². The van der Waals surface area contributed by atoms with Gasteiger partial charge < -0.3 is 10.0 Å². The topological polar surface area (TPSA) is 83.4 Å². The Bertz CT molecular complexity index is 612. The standard InChI is InChI=1S/C13H13N3O3S/c1-9-12(20-15-14-9)13(19)16(8-7-11(17)18)10-5-3-2-4-6-10/h2-6H,7-8H2,1H3,(H,17,18). The van der Waals surface area contributed by atoms with Gasteiger partial charge in [0.05, 0.1) is 12.1 Å². The van der Waals surface area contributed by atoms with Crippen molar-refractivity contribution in [3.63, 3.8) is 0 Å². The van der Waals surface area contributed by atoms with E-state index in [1.807, 2.05) is 6.07 Å². The number of aryl methyl sites for hydroxylation is 1. The van der Waals surface area contributed by atoms with Crippen molar-refractivity contribution in [2.24, 2.45) is 0 Å². The first-order valence-corrected chi connectivity index (χ1v) is 6.74. The van der Waals surface area contributed by atoms with Crippen molar-refractivity contribution in [1.29, 1.82) is 0 Å². The summed E-state index contributed by atoms with van der Waals surface area (Å²) in [6, 6.07) is 8.97. The average Bonchev–Trinajstić information content (AvgIpc) is 2.86. The third kappa shape index (κ3) is 3.18. The number of amides is 1. The van der Waals surface area contributed by atoms with Gasteiger partial charge in [0, 0.05) is 12.2 Å². The summed E-state index contributed by atoms with van der Waals surface area (Å²) in [5, 5.41) is 12.6. The molecule has 0 fully saturated rings. The first-order chi connectivity index (χ1) is 9.59. The van der Waals surface area contributed by atoms with E-state index in [4.69, 9.17) is 5.11 Å². The van der Waals surface area contributed by atoms with E-state index in [1.165, 1.54) is 4.90 Å². The SMILES string of the molecule is Cc1nnsc1C(=O)N(CCC(=O)O)c1ccccc1. The zero-order valence-electron chi connectivity index (χ0n) is 10.8. The van der Waals surface area contributed by atoms with Gasteiger partial charge in [-0.2, -0.15) is 0 Å². The highest BCUT2D eigenvalue weighted by molar-refractivity contribution is 7.08. The van der Waals surface area contributed by atoms with E-state index in [0.29, 0.717) is 16.3 Å². The highest BCUT2D eigenvalue weighted by Crippen LogP contribution is 2.20. The molecule has 104 valence electrons. The molecule has 0 aliphatic heterocycles. The number of nitrogens with zero attached hydrogens (tertiary/aromatic N) is 3. The summed E-state index contributed by atoms with van der Waals surface area (Å²) in [4.78, 5) is 25.1. The molecule has 7 heteroatoms. The lowest BCUT2D eigenvalue weighted by atomic mass is 10.2. The Kier molecular flexibility index (Phi) is 4.41. The summed E-state index contributed by atoms with van der Waals surface area (Å²) in [7, 11) is 0. The van der Waals surface area contributed by atoms with Crippen molar-refractivity contribution in [2.45, 2.75) is 13.3 Å². The van der Waals surface area contributed by atoms with Crippen LogP contribution in [0.25, 0.3) is 0 Å². The molecule has 0 unspecified atom stereocenters. The molecule has 1 amide bonds. The Morgan fingerprint density at radius 3 is 2.55 bits per heavy atom. The molecule has 0 atom stereocenters. The van der Waals surface area contributed by atoms with Crippen LogP contribution in [-0.4, -0.2) is 33.1 Å². The molecule has 20 heavy (non-hydrogen) atoms. The van der Waals surface area contributed by atoms with Crippen molar-refractivity contribution in [2.75, 3.05) is 11.4 Å². The van der Waals surface area contributed by atoms with E-state index in [1.54, 1.807) is 31.2 Å². The molecule has 1 N–H and O–H groups in total. The Hall–Kier alpha value is -2.28. The van der Waals surface area contributed by atoms with Crippen LogP contribution >= 0.6 is 11.5 Å². The highest BCUT2D eigenvalue weighted by Gasteiger charge is 2.22. The molecule has 0 radical (unpaired) electrons. The van der Waals surface area contributed by atoms with Crippen LogP contribution in [0.5, 0.6) is 0 Å². The molecule has 6 nitrogen and oxygen atoms in total. The van der Waals surface area contributed by atoms with Gasteiger partial charge in [-0.05, 0) is 30.6 Å². The van der Waals surface area contributed by atoms with Crippen LogP contribution in [0, 0.1) is 6.92 Å².